The van der Waals surface area contributed by atoms with Crippen LogP contribution in [-0.2, 0) is 11.2 Å². The van der Waals surface area contributed by atoms with Crippen LogP contribution in [0.4, 0.5) is 13.2 Å². The smallest absolute Gasteiger partial charge is 0.339 e. The Balaban J connectivity index is 2.75. The molecule has 1 heterocycles. The lowest BCUT2D eigenvalue weighted by atomic mass is 10.1. The maximum absolute atomic E-state index is 12.0. The SMILES string of the molecule is CCC(=O)C(C)c1nc(CC(F)(F)F)no1. The van der Waals surface area contributed by atoms with Crippen LogP contribution in [0, 0.1) is 0 Å². The summed E-state index contributed by atoms with van der Waals surface area (Å²) in [5, 5.41) is 3.18. The lowest BCUT2D eigenvalue weighted by Gasteiger charge is -2.02. The van der Waals surface area contributed by atoms with Gasteiger partial charge in [0, 0.05) is 6.42 Å². The highest BCUT2D eigenvalue weighted by Gasteiger charge is 2.31. The fraction of sp³-hybridized carbons (Fsp3) is 0.667. The molecule has 1 atom stereocenters. The van der Waals surface area contributed by atoms with Crippen molar-refractivity contribution in [3.05, 3.63) is 11.7 Å². The average Bonchev–Trinajstić information content (AvgIpc) is 2.61. The fourth-order valence-corrected chi connectivity index (χ4v) is 1.14. The van der Waals surface area contributed by atoms with E-state index < -0.39 is 24.3 Å². The number of hydrogen-bond donors (Lipinski definition) is 0. The van der Waals surface area contributed by atoms with E-state index in [4.69, 9.17) is 0 Å². The Morgan fingerprint density at radius 3 is 2.62 bits per heavy atom. The van der Waals surface area contributed by atoms with E-state index in [1.165, 1.54) is 6.92 Å². The Bertz CT molecular complexity index is 373. The highest BCUT2D eigenvalue weighted by atomic mass is 19.4. The standard InChI is InChI=1S/C9H11F3N2O2/c1-3-6(15)5(2)8-13-7(14-16-8)4-9(10,11)12/h5H,3-4H2,1-2H3. The van der Waals surface area contributed by atoms with Gasteiger partial charge in [-0.3, -0.25) is 4.79 Å². The zero-order valence-corrected chi connectivity index (χ0v) is 8.84. The van der Waals surface area contributed by atoms with E-state index in [0.29, 0.717) is 0 Å². The van der Waals surface area contributed by atoms with Gasteiger partial charge in [-0.05, 0) is 6.92 Å². The van der Waals surface area contributed by atoms with E-state index in [1.807, 2.05) is 0 Å². The van der Waals surface area contributed by atoms with Crippen LogP contribution in [-0.4, -0.2) is 22.1 Å². The summed E-state index contributed by atoms with van der Waals surface area (Å²) in [5.41, 5.74) is 0. The number of alkyl halides is 3. The Morgan fingerprint density at radius 2 is 2.12 bits per heavy atom. The third kappa shape index (κ3) is 3.32. The molecule has 0 aromatic carbocycles. The minimum atomic E-state index is -4.38. The fourth-order valence-electron chi connectivity index (χ4n) is 1.14. The zero-order chi connectivity index (χ0) is 12.3. The van der Waals surface area contributed by atoms with Crippen molar-refractivity contribution in [1.82, 2.24) is 10.1 Å². The molecule has 1 rings (SSSR count). The van der Waals surface area contributed by atoms with Crippen molar-refractivity contribution in [3.63, 3.8) is 0 Å². The van der Waals surface area contributed by atoms with E-state index in [-0.39, 0.29) is 18.1 Å². The molecule has 0 aliphatic heterocycles. The summed E-state index contributed by atoms with van der Waals surface area (Å²) >= 11 is 0. The number of rotatable bonds is 4. The van der Waals surface area contributed by atoms with Gasteiger partial charge in [0.2, 0.25) is 5.89 Å². The molecule has 0 aliphatic rings. The second kappa shape index (κ2) is 4.63. The Kier molecular flexibility index (Phi) is 3.66. The summed E-state index contributed by atoms with van der Waals surface area (Å²) in [4.78, 5) is 14.8. The van der Waals surface area contributed by atoms with Crippen molar-refractivity contribution < 1.29 is 22.5 Å². The summed E-state index contributed by atoms with van der Waals surface area (Å²) in [5.74, 6) is -1.31. The maximum atomic E-state index is 12.0. The predicted octanol–water partition coefficient (Wildman–Crippen LogP) is 2.26. The Morgan fingerprint density at radius 1 is 1.50 bits per heavy atom. The van der Waals surface area contributed by atoms with E-state index in [1.54, 1.807) is 6.92 Å². The number of nitrogens with zero attached hydrogens (tertiary/aromatic N) is 2. The summed E-state index contributed by atoms with van der Waals surface area (Å²) in [6.45, 7) is 3.18. The number of carbonyl (C=O) groups is 1. The van der Waals surface area contributed by atoms with Gasteiger partial charge in [0.1, 0.15) is 12.2 Å². The van der Waals surface area contributed by atoms with Crippen LogP contribution in [0.3, 0.4) is 0 Å². The van der Waals surface area contributed by atoms with Gasteiger partial charge in [-0.2, -0.15) is 18.2 Å². The first-order chi connectivity index (χ1) is 7.33. The van der Waals surface area contributed by atoms with Gasteiger partial charge in [-0.25, -0.2) is 0 Å². The molecule has 1 aromatic rings. The predicted molar refractivity (Wildman–Crippen MR) is 47.8 cm³/mol. The Hall–Kier alpha value is -1.40. The first-order valence-electron chi connectivity index (χ1n) is 4.75. The maximum Gasteiger partial charge on any atom is 0.396 e. The van der Waals surface area contributed by atoms with Crippen molar-refractivity contribution in [2.24, 2.45) is 0 Å². The van der Waals surface area contributed by atoms with Crippen LogP contribution in [0.5, 0.6) is 0 Å². The van der Waals surface area contributed by atoms with Crippen molar-refractivity contribution in [1.29, 1.82) is 0 Å². The minimum Gasteiger partial charge on any atom is -0.339 e. The first-order valence-corrected chi connectivity index (χ1v) is 4.75. The molecule has 0 radical (unpaired) electrons. The van der Waals surface area contributed by atoms with Crippen LogP contribution in [0.1, 0.15) is 37.9 Å². The van der Waals surface area contributed by atoms with Crippen LogP contribution >= 0.6 is 0 Å². The third-order valence-electron chi connectivity index (χ3n) is 2.04. The van der Waals surface area contributed by atoms with Crippen molar-refractivity contribution >= 4 is 5.78 Å². The number of aromatic nitrogens is 2. The number of ketones is 1. The molecule has 1 unspecified atom stereocenters. The molecule has 0 saturated carbocycles. The molecule has 1 aromatic heterocycles. The lowest BCUT2D eigenvalue weighted by molar-refractivity contribution is -0.128. The van der Waals surface area contributed by atoms with E-state index in [2.05, 4.69) is 14.7 Å². The average molecular weight is 236 g/mol. The number of Topliss-reactive ketones (excluding diaryl/α,β-unsaturated/α-hetero) is 1. The zero-order valence-electron chi connectivity index (χ0n) is 8.84. The van der Waals surface area contributed by atoms with E-state index >= 15 is 0 Å². The van der Waals surface area contributed by atoms with Crippen LogP contribution in [0.2, 0.25) is 0 Å². The van der Waals surface area contributed by atoms with Gasteiger partial charge in [-0.15, -0.1) is 0 Å². The third-order valence-corrected chi connectivity index (χ3v) is 2.04. The molecule has 7 heteroatoms. The van der Waals surface area contributed by atoms with Gasteiger partial charge >= 0.3 is 6.18 Å². The Labute approximate surface area is 89.8 Å². The minimum absolute atomic E-state index is 0.0638. The molecule has 0 N–H and O–H groups in total. The topological polar surface area (TPSA) is 56.0 Å². The second-order valence-corrected chi connectivity index (χ2v) is 3.38. The quantitative estimate of drug-likeness (QED) is 0.804. The van der Waals surface area contributed by atoms with Crippen LogP contribution in [0.25, 0.3) is 0 Å². The lowest BCUT2D eigenvalue weighted by Crippen LogP contribution is -2.13. The largest absolute Gasteiger partial charge is 0.396 e. The van der Waals surface area contributed by atoms with E-state index in [0.717, 1.165) is 0 Å². The van der Waals surface area contributed by atoms with Gasteiger partial charge in [0.05, 0.1) is 5.92 Å². The molecule has 90 valence electrons. The number of carbonyl (C=O) groups excluding carboxylic acids is 1. The summed E-state index contributed by atoms with van der Waals surface area (Å²) in [6.07, 6.45) is -5.35. The summed E-state index contributed by atoms with van der Waals surface area (Å²) < 4.78 is 40.6. The molecule has 0 saturated heterocycles. The molecule has 0 bridgehead atoms. The van der Waals surface area contributed by atoms with Gasteiger partial charge < -0.3 is 4.52 Å². The van der Waals surface area contributed by atoms with Crippen molar-refractivity contribution in [2.45, 2.75) is 38.8 Å². The molecular formula is C9H11F3N2O2. The normalized spacial score (nSPS) is 13.8. The molecule has 0 amide bonds. The highest BCUT2D eigenvalue weighted by Crippen LogP contribution is 2.21. The van der Waals surface area contributed by atoms with Crippen LogP contribution in [0.15, 0.2) is 4.52 Å². The first kappa shape index (κ1) is 12.7. The molecule has 0 aliphatic carbocycles. The van der Waals surface area contributed by atoms with Gasteiger partial charge in [0.25, 0.3) is 0 Å². The molecular weight excluding hydrogens is 225 g/mol. The molecule has 16 heavy (non-hydrogen) atoms. The summed E-state index contributed by atoms with van der Waals surface area (Å²) in [7, 11) is 0. The molecule has 0 fully saturated rings. The van der Waals surface area contributed by atoms with E-state index in [9.17, 15) is 18.0 Å². The molecule has 4 nitrogen and oxygen atoms in total. The summed E-state index contributed by atoms with van der Waals surface area (Å²) in [6, 6.07) is 0. The van der Waals surface area contributed by atoms with Crippen molar-refractivity contribution in [3.8, 4) is 0 Å². The van der Waals surface area contributed by atoms with Gasteiger partial charge in [-0.1, -0.05) is 12.1 Å². The van der Waals surface area contributed by atoms with Crippen LogP contribution < -0.4 is 0 Å². The number of halogens is 3. The van der Waals surface area contributed by atoms with Crippen molar-refractivity contribution in [2.75, 3.05) is 0 Å². The van der Waals surface area contributed by atoms with Gasteiger partial charge in [0.15, 0.2) is 5.82 Å². The molecule has 0 spiro atoms. The second-order valence-electron chi connectivity index (χ2n) is 3.38. The number of hydrogen-bond acceptors (Lipinski definition) is 4. The monoisotopic (exact) mass is 236 g/mol. The highest BCUT2D eigenvalue weighted by molar-refractivity contribution is 5.83.